The van der Waals surface area contributed by atoms with Crippen molar-refractivity contribution in [3.63, 3.8) is 0 Å². The van der Waals surface area contributed by atoms with E-state index in [0.29, 0.717) is 30.1 Å². The first-order chi connectivity index (χ1) is 39.4. The van der Waals surface area contributed by atoms with Crippen LogP contribution >= 0.6 is 0 Å². The quantitative estimate of drug-likeness (QED) is 0.157. The molecule has 0 saturated heterocycles. The van der Waals surface area contributed by atoms with E-state index in [-0.39, 0.29) is 379 Å². The summed E-state index contributed by atoms with van der Waals surface area (Å²) in [7, 11) is 2.00. The molecule has 0 aliphatic rings. The second-order valence-electron chi connectivity index (χ2n) is 9.94. The second kappa shape index (κ2) is 738. The molecule has 0 rings (SSSR count). The van der Waals surface area contributed by atoms with E-state index < -0.39 is 21.4 Å². The van der Waals surface area contributed by atoms with Crippen molar-refractivity contribution in [1.29, 1.82) is 15.8 Å². The summed E-state index contributed by atoms with van der Waals surface area (Å²) in [6.45, 7) is 94.4. The largest absolute Gasteiger partial charge is 1.00 e. The van der Waals surface area contributed by atoms with Gasteiger partial charge in [-0.25, -0.2) is 0 Å². The van der Waals surface area contributed by atoms with Gasteiger partial charge in [0.25, 0.3) is 0 Å². The van der Waals surface area contributed by atoms with E-state index in [2.05, 4.69) is 69.2 Å². The first-order valence-electron chi connectivity index (χ1n) is 31.5. The van der Waals surface area contributed by atoms with Crippen LogP contribution in [0.5, 0.6) is 0 Å². The molecule has 16 nitrogen and oxygen atoms in total. The fourth-order valence-electron chi connectivity index (χ4n) is 0. The molecule has 0 spiro atoms. The van der Waals surface area contributed by atoms with Crippen LogP contribution in [-0.4, -0.2) is 107 Å². The van der Waals surface area contributed by atoms with Crippen LogP contribution in [0.3, 0.4) is 0 Å². The molecular weight excluding hydrogens is 1610 g/mol. The van der Waals surface area contributed by atoms with Gasteiger partial charge in [-0.15, -0.1) is 41.8 Å². The van der Waals surface area contributed by atoms with Gasteiger partial charge in [0.05, 0.1) is 18.2 Å². The third kappa shape index (κ3) is 6900. The Hall–Kier alpha value is 8.98. The number of aliphatic hydroxyl groups excluding tert-OH is 7. The van der Waals surface area contributed by atoms with Crippen molar-refractivity contribution in [3.8, 4) is 18.2 Å². The summed E-state index contributed by atoms with van der Waals surface area (Å²) >= 11 is 0. The van der Waals surface area contributed by atoms with Gasteiger partial charge in [-0.05, 0) is 10.8 Å². The van der Waals surface area contributed by atoms with Crippen molar-refractivity contribution in [3.05, 3.63) is 0 Å². The molecule has 576 valence electrons. The maximum atomic E-state index is 8.97. The average molecular weight is 1810 g/mol. The van der Waals surface area contributed by atoms with Gasteiger partial charge in [0.1, 0.15) is 0 Å². The summed E-state index contributed by atoms with van der Waals surface area (Å²) in [4.78, 5) is 0. The molecule has 0 unspecified atom stereocenters. The van der Waals surface area contributed by atoms with Crippen molar-refractivity contribution in [2.45, 2.75) is 387 Å². The smallest absolute Gasteiger partial charge is 0.893 e. The summed E-state index contributed by atoms with van der Waals surface area (Å²) in [6.07, 6.45) is 3.12. The predicted molar refractivity (Wildman–Crippen MR) is 414 cm³/mol. The van der Waals surface area contributed by atoms with E-state index in [1.54, 1.807) is 0 Å². The number of hydrogen-bond acceptors (Lipinski definition) is 16. The second-order valence-corrected chi connectivity index (χ2v) is 9.94. The van der Waals surface area contributed by atoms with Gasteiger partial charge >= 0.3 is 349 Å². The van der Waals surface area contributed by atoms with E-state index >= 15 is 0 Å². The van der Waals surface area contributed by atoms with Crippen LogP contribution in [0.1, 0.15) is 367 Å². The van der Waals surface area contributed by atoms with E-state index in [9.17, 15) is 0 Å². The maximum Gasteiger partial charge on any atom is 1.00 e. The van der Waals surface area contributed by atoms with Crippen molar-refractivity contribution in [2.75, 3.05) is 49.8 Å². The standard InChI is InChI=1S/2C5H12.3C3H5N.C3H8.16C2H6.3CH3BO2.7CH4O.4CH4.6Rb/c2*1-5(2,3)4;3*1-2-3-4;1-3-2;16*1-2;3*1-2(3)4;7*1-2;;;;;;;;;;/h2*1-4H3;3*2H2,1H3;3H2,1-2H3;16*1-2H3;3*1H3;7*2H,1H3;4*1H4;;;;;;/q;;;;;;;;;;;;;;;;;;;;;;3*-2;;;;;;;;;;;;6*+1. The third-order valence-electron chi connectivity index (χ3n) is 0.474. The van der Waals surface area contributed by atoms with Crippen LogP contribution in [0.15, 0.2) is 0 Å². The van der Waals surface area contributed by atoms with Crippen LogP contribution < -0.4 is 379 Å². The van der Waals surface area contributed by atoms with Gasteiger partial charge in [0.2, 0.25) is 0 Å². The van der Waals surface area contributed by atoms with E-state index in [0.717, 1.165) is 70.2 Å². The Morgan fingerprint density at radius 2 is 0.247 bits per heavy atom. The van der Waals surface area contributed by atoms with Crippen LogP contribution in [0, 0.1) is 44.8 Å². The van der Waals surface area contributed by atoms with Gasteiger partial charge in [-0.2, -0.15) is 15.8 Å². The summed E-state index contributed by atoms with van der Waals surface area (Å²) < 4.78 is 0. The molecule has 0 fully saturated rings. The molecule has 0 aliphatic heterocycles. The molecule has 0 aromatic carbocycles. The number of nitriles is 3. The first kappa shape index (κ1) is 289. The van der Waals surface area contributed by atoms with Gasteiger partial charge in [0, 0.05) is 69.0 Å². The van der Waals surface area contributed by atoms with Gasteiger partial charge in [-0.3, -0.25) is 0 Å². The number of aliphatic hydroxyl groups is 7. The molecule has 0 radical (unpaired) electrons. The first-order valence-corrected chi connectivity index (χ1v) is 31.5. The Bertz CT molecular complexity index is 454. The minimum atomic E-state index is -1.67. The molecule has 7 N–H and O–H groups in total. The number of rotatable bonds is 0. The predicted octanol–water partition coefficient (Wildman–Crippen LogP) is 0.00314. The Labute approximate surface area is 898 Å². The zero-order valence-corrected chi connectivity index (χ0v) is 104. The van der Waals surface area contributed by atoms with Crippen molar-refractivity contribution >= 4 is 21.4 Å². The Balaban J connectivity index is -0.00000000724. The molecule has 0 saturated carbocycles. The van der Waals surface area contributed by atoms with E-state index in [1.807, 2.05) is 261 Å². The van der Waals surface area contributed by atoms with Gasteiger partial charge < -0.3 is 65.9 Å². The Kier molecular flexibility index (Phi) is 2290. The van der Waals surface area contributed by atoms with Crippen molar-refractivity contribution < 1.29 is 415 Å². The SMILES string of the molecule is C.C.C.C.CB([O-])[O-].CB([O-])[O-].CB([O-])[O-].CC.CC.CC.CC.CC.CC.CC.CC.CC.CC.CC.CC.CC.CC.CC.CC.CC(C)(C)C.CC(C)(C)C.CCC.CCC#N.CCC#N.CCC#N.CO.CO.CO.CO.CO.CO.CO.[Rb+].[Rb+].[Rb+].[Rb+].[Rb+].[Rb+]. The summed E-state index contributed by atoms with van der Waals surface area (Å²) in [6, 6.07) is 5.79. The van der Waals surface area contributed by atoms with E-state index in [4.69, 9.17) is 81.7 Å². The minimum absolute atomic E-state index is 0. The molecular formula is C68H196B3N3O13Rb6. The summed E-state index contributed by atoms with van der Waals surface area (Å²) in [5, 5.41) is 126. The molecule has 0 atom stereocenters. The van der Waals surface area contributed by atoms with Crippen LogP contribution in [-0.2, 0) is 0 Å². The average Bonchev–Trinajstić information content (AvgIpc) is 3.55. The summed E-state index contributed by atoms with van der Waals surface area (Å²) in [5.74, 6) is 0. The molecule has 0 bridgehead atoms. The van der Waals surface area contributed by atoms with Crippen molar-refractivity contribution in [1.82, 2.24) is 0 Å². The Morgan fingerprint density at radius 1 is 0.237 bits per heavy atom. The van der Waals surface area contributed by atoms with Gasteiger partial charge in [0.15, 0.2) is 0 Å². The molecule has 0 aliphatic carbocycles. The summed E-state index contributed by atoms with van der Waals surface area (Å²) in [5.41, 5.74) is 1.00. The monoisotopic (exact) mass is 1810 g/mol. The Morgan fingerprint density at radius 3 is 0.247 bits per heavy atom. The van der Waals surface area contributed by atoms with Crippen LogP contribution in [0.4, 0.5) is 0 Å². The number of hydrogen-bond donors (Lipinski definition) is 7. The normalized spacial score (nSPS) is 4.48. The number of nitrogens with zero attached hydrogens (tertiary/aromatic N) is 3. The molecule has 0 heterocycles. The zero-order chi connectivity index (χ0) is 78.7. The van der Waals surface area contributed by atoms with E-state index in [1.165, 1.54) is 6.42 Å². The van der Waals surface area contributed by atoms with Gasteiger partial charge in [-0.1, -0.05) is 348 Å². The molecule has 0 amide bonds. The van der Waals surface area contributed by atoms with Crippen LogP contribution in [0.2, 0.25) is 20.5 Å². The topological polar surface area (TPSA) is 351 Å². The molecule has 0 aromatic rings. The third-order valence-corrected chi connectivity index (χ3v) is 0.474. The minimum Gasteiger partial charge on any atom is -0.893 e. The molecule has 0 aromatic heterocycles. The molecule has 93 heavy (non-hydrogen) atoms. The van der Waals surface area contributed by atoms with Crippen molar-refractivity contribution in [2.24, 2.45) is 10.8 Å². The maximum absolute atomic E-state index is 8.97. The fraction of sp³-hybridized carbons (Fsp3) is 0.956. The fourth-order valence-corrected chi connectivity index (χ4v) is 0. The zero-order valence-electron chi connectivity index (χ0n) is 75.0. The molecule has 25 heteroatoms. The van der Waals surface area contributed by atoms with Crippen LogP contribution in [0.25, 0.3) is 0 Å².